The van der Waals surface area contributed by atoms with Gasteiger partial charge in [-0.3, -0.25) is 19.3 Å². The van der Waals surface area contributed by atoms with E-state index in [1.807, 2.05) is 12.1 Å². The quantitative estimate of drug-likeness (QED) is 0.252. The summed E-state index contributed by atoms with van der Waals surface area (Å²) in [7, 11) is 0. The Morgan fingerprint density at radius 1 is 1.00 bits per heavy atom. The van der Waals surface area contributed by atoms with Crippen molar-refractivity contribution in [1.82, 2.24) is 4.90 Å². The van der Waals surface area contributed by atoms with Crippen LogP contribution in [0.25, 0.3) is 6.08 Å². The molecule has 6 nitrogen and oxygen atoms in total. The van der Waals surface area contributed by atoms with Gasteiger partial charge in [-0.15, -0.1) is 0 Å². The number of halogens is 4. The van der Waals surface area contributed by atoms with Crippen molar-refractivity contribution in [3.05, 3.63) is 95.1 Å². The van der Waals surface area contributed by atoms with Crippen LogP contribution in [0.3, 0.4) is 0 Å². The molecule has 3 aromatic rings. The number of anilines is 1. The van der Waals surface area contributed by atoms with Gasteiger partial charge in [0.2, 0.25) is 5.91 Å². The van der Waals surface area contributed by atoms with Crippen LogP contribution >= 0.6 is 71.2 Å². The first kappa shape index (κ1) is 26.9. The standard InChI is InChI=1S/C25H16Br3ClN2O4S/c26-16-3-7-18(8-4-16)30-22(32)12-31-24(33)21(36-25(31)34)11-15-9-19(27)23(20(28)10-15)35-13-14-1-5-17(29)6-2-14/h1-11H,12-13H2,(H,30,32)/b21-11+. The molecule has 1 saturated heterocycles. The van der Waals surface area contributed by atoms with E-state index in [-0.39, 0.29) is 11.4 Å². The van der Waals surface area contributed by atoms with Gasteiger partial charge in [-0.05, 0) is 109 Å². The van der Waals surface area contributed by atoms with Crippen molar-refractivity contribution in [2.75, 3.05) is 11.9 Å². The van der Waals surface area contributed by atoms with Gasteiger partial charge >= 0.3 is 0 Å². The van der Waals surface area contributed by atoms with Crippen LogP contribution in [0.2, 0.25) is 5.02 Å². The Hall–Kier alpha value is -2.11. The second kappa shape index (κ2) is 12.0. The molecule has 0 atom stereocenters. The average molecular weight is 716 g/mol. The van der Waals surface area contributed by atoms with E-state index in [1.165, 1.54) is 0 Å². The molecule has 1 fully saturated rings. The molecular weight excluding hydrogens is 700 g/mol. The number of ether oxygens (including phenoxy) is 1. The monoisotopic (exact) mass is 712 g/mol. The van der Waals surface area contributed by atoms with Gasteiger partial charge < -0.3 is 10.1 Å². The number of rotatable bonds is 7. The lowest BCUT2D eigenvalue weighted by molar-refractivity contribution is -0.127. The third-order valence-corrected chi connectivity index (χ3v) is 7.78. The number of benzene rings is 3. The summed E-state index contributed by atoms with van der Waals surface area (Å²) in [4.78, 5) is 38.8. The summed E-state index contributed by atoms with van der Waals surface area (Å²) in [6, 6.07) is 17.9. The zero-order valence-corrected chi connectivity index (χ0v) is 24.6. The van der Waals surface area contributed by atoms with Crippen molar-refractivity contribution < 1.29 is 19.1 Å². The molecule has 1 aliphatic rings. The molecule has 0 unspecified atom stereocenters. The second-order valence-electron chi connectivity index (χ2n) is 7.55. The number of carbonyl (C=O) groups is 3. The molecule has 4 rings (SSSR count). The lowest BCUT2D eigenvalue weighted by Crippen LogP contribution is -2.36. The highest BCUT2D eigenvalue weighted by atomic mass is 79.9. The van der Waals surface area contributed by atoms with Crippen molar-refractivity contribution in [3.8, 4) is 5.75 Å². The summed E-state index contributed by atoms with van der Waals surface area (Å²) in [5.74, 6) is -0.389. The van der Waals surface area contributed by atoms with E-state index in [4.69, 9.17) is 16.3 Å². The number of nitrogens with one attached hydrogen (secondary N) is 1. The fraction of sp³-hybridized carbons (Fsp3) is 0.0800. The first-order valence-electron chi connectivity index (χ1n) is 10.4. The molecule has 11 heteroatoms. The average Bonchev–Trinajstić information content (AvgIpc) is 3.08. The third-order valence-electron chi connectivity index (χ3n) is 4.92. The molecule has 0 saturated carbocycles. The molecule has 1 aliphatic heterocycles. The minimum atomic E-state index is -0.522. The Labute approximate surface area is 241 Å². The molecule has 0 bridgehead atoms. The first-order chi connectivity index (χ1) is 17.2. The van der Waals surface area contributed by atoms with Gasteiger partial charge in [-0.25, -0.2) is 0 Å². The minimum Gasteiger partial charge on any atom is -0.487 e. The summed E-state index contributed by atoms with van der Waals surface area (Å²) in [6.07, 6.45) is 1.61. The Balaban J connectivity index is 1.43. The van der Waals surface area contributed by atoms with Gasteiger partial charge in [0.1, 0.15) is 18.9 Å². The van der Waals surface area contributed by atoms with E-state index in [0.717, 1.165) is 26.7 Å². The lowest BCUT2D eigenvalue weighted by atomic mass is 10.2. The predicted molar refractivity (Wildman–Crippen MR) is 153 cm³/mol. The van der Waals surface area contributed by atoms with Crippen molar-refractivity contribution in [2.45, 2.75) is 6.61 Å². The Bertz CT molecular complexity index is 1340. The van der Waals surface area contributed by atoms with Crippen LogP contribution in [0.4, 0.5) is 10.5 Å². The molecule has 3 aromatic carbocycles. The number of hydrogen-bond acceptors (Lipinski definition) is 5. The van der Waals surface area contributed by atoms with Crippen LogP contribution < -0.4 is 10.1 Å². The minimum absolute atomic E-state index is 0.227. The maximum atomic E-state index is 12.8. The number of carbonyl (C=O) groups excluding carboxylic acids is 3. The van der Waals surface area contributed by atoms with E-state index in [0.29, 0.717) is 37.6 Å². The summed E-state index contributed by atoms with van der Waals surface area (Å²) in [5, 5.41) is 2.83. The van der Waals surface area contributed by atoms with E-state index < -0.39 is 17.1 Å². The zero-order valence-electron chi connectivity index (χ0n) is 18.3. The third kappa shape index (κ3) is 6.80. The molecule has 0 radical (unpaired) electrons. The Morgan fingerprint density at radius 2 is 1.64 bits per heavy atom. The highest BCUT2D eigenvalue weighted by molar-refractivity contribution is 9.11. The molecule has 1 N–H and O–H groups in total. The summed E-state index contributed by atoms with van der Waals surface area (Å²) >= 11 is 17.1. The zero-order chi connectivity index (χ0) is 25.8. The molecule has 0 spiro atoms. The van der Waals surface area contributed by atoms with E-state index >= 15 is 0 Å². The molecule has 0 aliphatic carbocycles. The number of nitrogens with zero attached hydrogens (tertiary/aromatic N) is 1. The predicted octanol–water partition coefficient (Wildman–Crippen LogP) is 7.88. The highest BCUT2D eigenvalue weighted by Gasteiger charge is 2.36. The normalized spacial score (nSPS) is 14.4. The van der Waals surface area contributed by atoms with Gasteiger partial charge in [0.25, 0.3) is 11.1 Å². The maximum Gasteiger partial charge on any atom is 0.294 e. The van der Waals surface area contributed by atoms with Crippen LogP contribution in [-0.2, 0) is 16.2 Å². The molecule has 36 heavy (non-hydrogen) atoms. The number of hydrogen-bond donors (Lipinski definition) is 1. The second-order valence-corrected chi connectivity index (χ2v) is 11.6. The summed E-state index contributed by atoms with van der Waals surface area (Å²) in [5.41, 5.74) is 2.20. The van der Waals surface area contributed by atoms with Gasteiger partial charge in [0.15, 0.2) is 0 Å². The van der Waals surface area contributed by atoms with Gasteiger partial charge in [-0.1, -0.05) is 39.7 Å². The number of thioether (sulfide) groups is 1. The fourth-order valence-corrected chi connectivity index (χ4v) is 5.88. The molecule has 0 aromatic heterocycles. The number of amides is 3. The van der Waals surface area contributed by atoms with Crippen LogP contribution in [0.15, 0.2) is 79.0 Å². The summed E-state index contributed by atoms with van der Waals surface area (Å²) in [6.45, 7) is -0.0299. The molecule has 1 heterocycles. The maximum absolute atomic E-state index is 12.8. The topological polar surface area (TPSA) is 75.7 Å². The lowest BCUT2D eigenvalue weighted by Gasteiger charge is -2.13. The van der Waals surface area contributed by atoms with Gasteiger partial charge in [-0.2, -0.15) is 0 Å². The smallest absolute Gasteiger partial charge is 0.294 e. The largest absolute Gasteiger partial charge is 0.487 e. The first-order valence-corrected chi connectivity index (χ1v) is 13.9. The van der Waals surface area contributed by atoms with E-state index in [2.05, 4.69) is 53.1 Å². The van der Waals surface area contributed by atoms with Gasteiger partial charge in [0.05, 0.1) is 13.9 Å². The molecule has 3 amide bonds. The highest BCUT2D eigenvalue weighted by Crippen LogP contribution is 2.38. The van der Waals surface area contributed by atoms with Gasteiger partial charge in [0, 0.05) is 15.2 Å². The van der Waals surface area contributed by atoms with Crippen molar-refractivity contribution in [2.24, 2.45) is 0 Å². The Kier molecular flexibility index (Phi) is 8.95. The number of imide groups is 1. The van der Waals surface area contributed by atoms with Crippen molar-refractivity contribution in [3.63, 3.8) is 0 Å². The van der Waals surface area contributed by atoms with Crippen LogP contribution in [-0.4, -0.2) is 28.5 Å². The van der Waals surface area contributed by atoms with E-state index in [9.17, 15) is 14.4 Å². The van der Waals surface area contributed by atoms with Crippen molar-refractivity contribution in [1.29, 1.82) is 0 Å². The van der Waals surface area contributed by atoms with Crippen LogP contribution in [0.1, 0.15) is 11.1 Å². The SMILES string of the molecule is O=C(CN1C(=O)S/C(=C/c2cc(Br)c(OCc3ccc(Cl)cc3)c(Br)c2)C1=O)Nc1ccc(Br)cc1. The fourth-order valence-electron chi connectivity index (χ4n) is 3.20. The van der Waals surface area contributed by atoms with E-state index in [1.54, 1.807) is 54.6 Å². The van der Waals surface area contributed by atoms with Crippen LogP contribution in [0.5, 0.6) is 5.75 Å². The molecular formula is C25H16Br3ClN2O4S. The van der Waals surface area contributed by atoms with Crippen LogP contribution in [0, 0.1) is 0 Å². The Morgan fingerprint density at radius 3 is 2.28 bits per heavy atom. The van der Waals surface area contributed by atoms with Crippen molar-refractivity contribution >= 4 is 100.0 Å². The summed E-state index contributed by atoms with van der Waals surface area (Å²) < 4.78 is 8.15. The molecule has 184 valence electrons.